The van der Waals surface area contributed by atoms with Crippen LogP contribution in [0.4, 0.5) is 5.69 Å². The second-order valence-corrected chi connectivity index (χ2v) is 7.26. The first kappa shape index (κ1) is 19.3. The fourth-order valence-electron chi connectivity index (χ4n) is 2.67. The van der Waals surface area contributed by atoms with Crippen LogP contribution in [0.15, 0.2) is 71.2 Å². The maximum absolute atomic E-state index is 5.99. The van der Waals surface area contributed by atoms with Gasteiger partial charge in [0.15, 0.2) is 11.5 Å². The lowest BCUT2D eigenvalue weighted by molar-refractivity contribution is 0.269. The van der Waals surface area contributed by atoms with Gasteiger partial charge < -0.3 is 14.8 Å². The van der Waals surface area contributed by atoms with Crippen LogP contribution < -0.4 is 14.8 Å². The molecule has 0 bridgehead atoms. The van der Waals surface area contributed by atoms with Crippen LogP contribution in [0, 0.1) is 6.92 Å². The van der Waals surface area contributed by atoms with Crippen molar-refractivity contribution in [2.24, 2.45) is 0 Å². The number of aryl methyl sites for hydroxylation is 1. The Balaban J connectivity index is 1.66. The molecular weight excluding hydrogens is 402 g/mol. The monoisotopic (exact) mass is 425 g/mol. The molecule has 0 spiro atoms. The SMILES string of the molecule is CCOc1cc(CNc2ccc(C)cc2)ccc1OCc1ccc(Br)cc1. The summed E-state index contributed by atoms with van der Waals surface area (Å²) in [5.74, 6) is 1.54. The molecule has 27 heavy (non-hydrogen) atoms. The van der Waals surface area contributed by atoms with Crippen molar-refractivity contribution >= 4 is 21.6 Å². The van der Waals surface area contributed by atoms with Crippen molar-refractivity contribution in [3.05, 3.63) is 87.9 Å². The van der Waals surface area contributed by atoms with E-state index in [1.165, 1.54) is 5.56 Å². The Bertz CT molecular complexity index is 861. The molecule has 0 aliphatic heterocycles. The van der Waals surface area contributed by atoms with Crippen molar-refractivity contribution < 1.29 is 9.47 Å². The molecule has 140 valence electrons. The molecule has 0 fully saturated rings. The average Bonchev–Trinajstić information content (AvgIpc) is 2.68. The molecule has 0 heterocycles. The van der Waals surface area contributed by atoms with E-state index in [2.05, 4.69) is 58.5 Å². The van der Waals surface area contributed by atoms with Gasteiger partial charge in [-0.2, -0.15) is 0 Å². The number of anilines is 1. The number of hydrogen-bond acceptors (Lipinski definition) is 3. The van der Waals surface area contributed by atoms with E-state index in [9.17, 15) is 0 Å². The van der Waals surface area contributed by atoms with Crippen LogP contribution in [-0.4, -0.2) is 6.61 Å². The van der Waals surface area contributed by atoms with Crippen molar-refractivity contribution in [3.63, 3.8) is 0 Å². The molecule has 3 rings (SSSR count). The lowest BCUT2D eigenvalue weighted by Crippen LogP contribution is -2.03. The first-order valence-corrected chi connectivity index (χ1v) is 9.87. The topological polar surface area (TPSA) is 30.5 Å². The van der Waals surface area contributed by atoms with Gasteiger partial charge in [0, 0.05) is 16.7 Å². The molecule has 3 nitrogen and oxygen atoms in total. The first-order chi connectivity index (χ1) is 13.1. The third-order valence-corrected chi connectivity index (χ3v) is 4.69. The number of hydrogen-bond donors (Lipinski definition) is 1. The quantitative estimate of drug-likeness (QED) is 0.456. The van der Waals surface area contributed by atoms with Gasteiger partial charge in [-0.05, 0) is 61.4 Å². The van der Waals surface area contributed by atoms with E-state index in [4.69, 9.17) is 9.47 Å². The van der Waals surface area contributed by atoms with Crippen molar-refractivity contribution in [3.8, 4) is 11.5 Å². The molecule has 4 heteroatoms. The molecule has 0 amide bonds. The molecule has 0 saturated carbocycles. The van der Waals surface area contributed by atoms with Crippen LogP contribution in [0.3, 0.4) is 0 Å². The molecule has 0 aliphatic rings. The highest BCUT2D eigenvalue weighted by molar-refractivity contribution is 9.10. The van der Waals surface area contributed by atoms with E-state index in [-0.39, 0.29) is 0 Å². The van der Waals surface area contributed by atoms with Crippen molar-refractivity contribution in [2.75, 3.05) is 11.9 Å². The van der Waals surface area contributed by atoms with E-state index in [0.29, 0.717) is 13.2 Å². The lowest BCUT2D eigenvalue weighted by atomic mass is 10.2. The Morgan fingerprint density at radius 2 is 1.52 bits per heavy atom. The summed E-state index contributed by atoms with van der Waals surface area (Å²) in [6.45, 7) is 5.91. The fraction of sp³-hybridized carbons (Fsp3) is 0.217. The van der Waals surface area contributed by atoms with Crippen LogP contribution >= 0.6 is 15.9 Å². The standard InChI is InChI=1S/C23H24BrNO2/c1-3-26-23-14-19(15-25-21-11-4-17(2)5-12-21)8-13-22(23)27-16-18-6-9-20(24)10-7-18/h4-14,25H,3,15-16H2,1-2H3. The third-order valence-electron chi connectivity index (χ3n) is 4.16. The summed E-state index contributed by atoms with van der Waals surface area (Å²) in [6.07, 6.45) is 0. The maximum atomic E-state index is 5.99. The summed E-state index contributed by atoms with van der Waals surface area (Å²) < 4.78 is 12.8. The smallest absolute Gasteiger partial charge is 0.161 e. The number of halogens is 1. The predicted octanol–water partition coefficient (Wildman–Crippen LogP) is 6.35. The minimum absolute atomic E-state index is 0.508. The molecular formula is C23H24BrNO2. The Morgan fingerprint density at radius 1 is 0.815 bits per heavy atom. The Kier molecular flexibility index (Phi) is 6.77. The minimum atomic E-state index is 0.508. The van der Waals surface area contributed by atoms with E-state index < -0.39 is 0 Å². The zero-order valence-electron chi connectivity index (χ0n) is 15.7. The molecule has 0 aromatic heterocycles. The molecule has 3 aromatic carbocycles. The Morgan fingerprint density at radius 3 is 2.22 bits per heavy atom. The van der Waals surface area contributed by atoms with Gasteiger partial charge in [-0.15, -0.1) is 0 Å². The summed E-state index contributed by atoms with van der Waals surface area (Å²) >= 11 is 3.45. The largest absolute Gasteiger partial charge is 0.490 e. The first-order valence-electron chi connectivity index (χ1n) is 9.07. The number of rotatable bonds is 8. The van der Waals surface area contributed by atoms with Gasteiger partial charge in [0.05, 0.1) is 6.61 Å². The summed E-state index contributed by atoms with van der Waals surface area (Å²) in [6, 6.07) is 22.6. The van der Waals surface area contributed by atoms with Crippen LogP contribution in [0.2, 0.25) is 0 Å². The minimum Gasteiger partial charge on any atom is -0.490 e. The lowest BCUT2D eigenvalue weighted by Gasteiger charge is -2.14. The molecule has 3 aromatic rings. The van der Waals surface area contributed by atoms with Gasteiger partial charge in [-0.3, -0.25) is 0 Å². The summed E-state index contributed by atoms with van der Waals surface area (Å²) in [7, 11) is 0. The number of benzene rings is 3. The van der Waals surface area contributed by atoms with Gasteiger partial charge in [-0.25, -0.2) is 0 Å². The molecule has 0 atom stereocenters. The molecule has 1 N–H and O–H groups in total. The fourth-order valence-corrected chi connectivity index (χ4v) is 2.93. The van der Waals surface area contributed by atoms with E-state index in [1.807, 2.05) is 43.3 Å². The maximum Gasteiger partial charge on any atom is 0.161 e. The van der Waals surface area contributed by atoms with Gasteiger partial charge in [0.1, 0.15) is 6.61 Å². The van der Waals surface area contributed by atoms with E-state index in [0.717, 1.165) is 39.3 Å². The van der Waals surface area contributed by atoms with Gasteiger partial charge >= 0.3 is 0 Å². The highest BCUT2D eigenvalue weighted by Gasteiger charge is 2.07. The average molecular weight is 426 g/mol. The molecule has 0 saturated heterocycles. The van der Waals surface area contributed by atoms with E-state index in [1.54, 1.807) is 0 Å². The zero-order valence-corrected chi connectivity index (χ0v) is 17.3. The highest BCUT2D eigenvalue weighted by Crippen LogP contribution is 2.30. The van der Waals surface area contributed by atoms with Crippen molar-refractivity contribution in [1.29, 1.82) is 0 Å². The van der Waals surface area contributed by atoms with E-state index >= 15 is 0 Å². The van der Waals surface area contributed by atoms with Crippen molar-refractivity contribution in [2.45, 2.75) is 27.0 Å². The highest BCUT2D eigenvalue weighted by atomic mass is 79.9. The second-order valence-electron chi connectivity index (χ2n) is 6.35. The molecule has 0 radical (unpaired) electrons. The predicted molar refractivity (Wildman–Crippen MR) is 115 cm³/mol. The third kappa shape index (κ3) is 5.76. The Labute approximate surface area is 169 Å². The van der Waals surface area contributed by atoms with Crippen LogP contribution in [0.25, 0.3) is 0 Å². The molecule has 0 unspecified atom stereocenters. The number of nitrogens with one attached hydrogen (secondary N) is 1. The number of ether oxygens (including phenoxy) is 2. The van der Waals surface area contributed by atoms with Crippen LogP contribution in [0.1, 0.15) is 23.6 Å². The van der Waals surface area contributed by atoms with Gasteiger partial charge in [0.25, 0.3) is 0 Å². The van der Waals surface area contributed by atoms with Crippen LogP contribution in [0.5, 0.6) is 11.5 Å². The van der Waals surface area contributed by atoms with Gasteiger partial charge in [0.2, 0.25) is 0 Å². The Hall–Kier alpha value is -2.46. The van der Waals surface area contributed by atoms with Crippen molar-refractivity contribution in [1.82, 2.24) is 0 Å². The van der Waals surface area contributed by atoms with Gasteiger partial charge in [-0.1, -0.05) is 51.8 Å². The second kappa shape index (κ2) is 9.47. The molecule has 0 aliphatic carbocycles. The normalized spacial score (nSPS) is 10.5. The zero-order chi connectivity index (χ0) is 19.1. The summed E-state index contributed by atoms with van der Waals surface area (Å²) in [5.41, 5.74) is 4.63. The summed E-state index contributed by atoms with van der Waals surface area (Å²) in [4.78, 5) is 0. The van der Waals surface area contributed by atoms with Crippen LogP contribution in [-0.2, 0) is 13.2 Å². The summed E-state index contributed by atoms with van der Waals surface area (Å²) in [5, 5.41) is 3.44.